The molecule has 4 N–H and O–H groups in total. The molecule has 1 heterocycles. The lowest BCUT2D eigenvalue weighted by molar-refractivity contribution is -0.147. The minimum absolute atomic E-state index is 0.00271. The molecule has 8 nitrogen and oxygen atoms in total. The van der Waals surface area contributed by atoms with Crippen LogP contribution >= 0.6 is 11.8 Å². The highest BCUT2D eigenvalue weighted by Crippen LogP contribution is 2.23. The van der Waals surface area contributed by atoms with Crippen LogP contribution in [0, 0.1) is 17.6 Å². The van der Waals surface area contributed by atoms with Crippen LogP contribution in [0.3, 0.4) is 0 Å². The van der Waals surface area contributed by atoms with Crippen molar-refractivity contribution in [3.05, 3.63) is 65.2 Å². The Kier molecular flexibility index (Phi) is 9.87. The number of nitrogens with zero attached hydrogens (tertiary/aromatic N) is 1. The van der Waals surface area contributed by atoms with Gasteiger partial charge in [0, 0.05) is 30.7 Å². The summed E-state index contributed by atoms with van der Waals surface area (Å²) in [6, 6.07) is 8.45. The Morgan fingerprint density at radius 1 is 1.19 bits per heavy atom. The summed E-state index contributed by atoms with van der Waals surface area (Å²) in [5.41, 5.74) is 6.92. The average Bonchev–Trinajstić information content (AvgIpc) is 3.34. The lowest BCUT2D eigenvalue weighted by Gasteiger charge is -2.24. The van der Waals surface area contributed by atoms with Gasteiger partial charge in [-0.1, -0.05) is 26.0 Å². The normalized spacial score (nSPS) is 16.9. The summed E-state index contributed by atoms with van der Waals surface area (Å²) in [6.07, 6.45) is -1.07. The molecule has 1 aliphatic rings. The Morgan fingerprint density at radius 2 is 1.89 bits per heavy atom. The van der Waals surface area contributed by atoms with Gasteiger partial charge in [-0.05, 0) is 47.9 Å². The molecule has 2 aromatic carbocycles. The van der Waals surface area contributed by atoms with Crippen LogP contribution < -0.4 is 15.8 Å². The molecule has 37 heavy (non-hydrogen) atoms. The van der Waals surface area contributed by atoms with Gasteiger partial charge in [-0.15, -0.1) is 11.8 Å². The van der Waals surface area contributed by atoms with Crippen LogP contribution in [-0.4, -0.2) is 57.6 Å². The predicted molar refractivity (Wildman–Crippen MR) is 136 cm³/mol. The number of benzene rings is 2. The number of carboxylic acids is 1. The molecule has 11 heteroatoms. The predicted octanol–water partition coefficient (Wildman–Crippen LogP) is 2.93. The molecule has 2 amide bonds. The topological polar surface area (TPSA) is 122 Å². The zero-order chi connectivity index (χ0) is 27.1. The van der Waals surface area contributed by atoms with E-state index in [-0.39, 0.29) is 42.7 Å². The van der Waals surface area contributed by atoms with E-state index in [2.05, 4.69) is 5.32 Å². The summed E-state index contributed by atoms with van der Waals surface area (Å²) in [4.78, 5) is 38.4. The van der Waals surface area contributed by atoms with Crippen LogP contribution in [0.2, 0.25) is 0 Å². The van der Waals surface area contributed by atoms with E-state index in [1.54, 1.807) is 38.1 Å². The molecule has 2 aromatic rings. The van der Waals surface area contributed by atoms with Crippen LogP contribution in [0.5, 0.6) is 5.75 Å². The van der Waals surface area contributed by atoms with Crippen LogP contribution in [0.25, 0.3) is 0 Å². The number of nitrogens with two attached hydrogens (primary N) is 1. The number of aliphatic carboxylic acids is 1. The van der Waals surface area contributed by atoms with E-state index in [1.165, 1.54) is 16.7 Å². The number of nitrogens with one attached hydrogen (secondary N) is 1. The van der Waals surface area contributed by atoms with Crippen molar-refractivity contribution in [3.8, 4) is 5.75 Å². The average molecular weight is 536 g/mol. The summed E-state index contributed by atoms with van der Waals surface area (Å²) in [5.74, 6) is -1.86. The zero-order valence-electron chi connectivity index (χ0n) is 20.7. The summed E-state index contributed by atoms with van der Waals surface area (Å²) in [5, 5.41) is 12.1. The van der Waals surface area contributed by atoms with E-state index in [0.717, 1.165) is 23.8 Å². The minimum Gasteiger partial charge on any atom is -0.478 e. The maximum atomic E-state index is 13.9. The SMILES string of the molecule is CC(C)[C@H](Oc1ccc(CNC(=O)[C@@H]2CSCN2C(=O)CC(N)Cc2cc(F)ccc2F)cc1)C(=O)O. The van der Waals surface area contributed by atoms with Gasteiger partial charge in [-0.3, -0.25) is 9.59 Å². The van der Waals surface area contributed by atoms with E-state index in [4.69, 9.17) is 10.5 Å². The largest absolute Gasteiger partial charge is 0.478 e. The van der Waals surface area contributed by atoms with Gasteiger partial charge in [0.2, 0.25) is 11.8 Å². The maximum absolute atomic E-state index is 13.9. The van der Waals surface area contributed by atoms with E-state index in [1.807, 2.05) is 0 Å². The quantitative estimate of drug-likeness (QED) is 0.404. The highest BCUT2D eigenvalue weighted by molar-refractivity contribution is 7.99. The van der Waals surface area contributed by atoms with Gasteiger partial charge in [0.25, 0.3) is 0 Å². The van der Waals surface area contributed by atoms with Crippen LogP contribution in [0.15, 0.2) is 42.5 Å². The minimum atomic E-state index is -1.04. The standard InChI is InChI=1S/C26H31F2N3O5S/c1-15(2)24(26(34)35)36-20-6-3-16(4-7-20)12-30-25(33)22-13-37-14-31(22)23(32)11-19(29)10-17-9-18(27)5-8-21(17)28/h3-9,15,19,22,24H,10-14,29H2,1-2H3,(H,30,33)(H,34,35)/t19?,22-,24-/m0/s1. The van der Waals surface area contributed by atoms with Crippen molar-refractivity contribution in [2.45, 2.75) is 51.4 Å². The van der Waals surface area contributed by atoms with Crippen molar-refractivity contribution in [1.29, 1.82) is 0 Å². The fraction of sp³-hybridized carbons (Fsp3) is 0.423. The molecular formula is C26H31F2N3O5S. The number of carboxylic acid groups (broad SMARTS) is 1. The molecule has 200 valence electrons. The molecule has 0 spiro atoms. The third-order valence-corrected chi connectivity index (χ3v) is 6.95. The van der Waals surface area contributed by atoms with E-state index < -0.39 is 35.8 Å². The van der Waals surface area contributed by atoms with E-state index in [0.29, 0.717) is 17.4 Å². The second-order valence-corrected chi connectivity index (χ2v) is 10.3. The molecule has 0 aliphatic carbocycles. The molecule has 0 radical (unpaired) electrons. The van der Waals surface area contributed by atoms with Gasteiger partial charge in [-0.2, -0.15) is 0 Å². The Balaban J connectivity index is 1.51. The molecule has 3 atom stereocenters. The van der Waals surface area contributed by atoms with Gasteiger partial charge >= 0.3 is 5.97 Å². The number of hydrogen-bond donors (Lipinski definition) is 3. The summed E-state index contributed by atoms with van der Waals surface area (Å²) >= 11 is 1.45. The van der Waals surface area contributed by atoms with E-state index >= 15 is 0 Å². The van der Waals surface area contributed by atoms with Crippen LogP contribution in [0.4, 0.5) is 8.78 Å². The van der Waals surface area contributed by atoms with Gasteiger partial charge in [-0.25, -0.2) is 13.6 Å². The second-order valence-electron chi connectivity index (χ2n) is 9.27. The van der Waals surface area contributed by atoms with Crippen LogP contribution in [0.1, 0.15) is 31.4 Å². The highest BCUT2D eigenvalue weighted by atomic mass is 32.2. The number of rotatable bonds is 11. The number of carbonyl (C=O) groups is 3. The molecular weight excluding hydrogens is 504 g/mol. The number of ether oxygens (including phenoxy) is 1. The van der Waals surface area contributed by atoms with Gasteiger partial charge in [0.1, 0.15) is 23.4 Å². The first-order valence-corrected chi connectivity index (χ1v) is 13.0. The maximum Gasteiger partial charge on any atom is 0.345 e. The zero-order valence-corrected chi connectivity index (χ0v) is 21.5. The Bertz CT molecular complexity index is 1120. The molecule has 3 rings (SSSR count). The molecule has 0 saturated carbocycles. The summed E-state index contributed by atoms with van der Waals surface area (Å²) in [6.45, 7) is 3.74. The van der Waals surface area contributed by atoms with E-state index in [9.17, 15) is 28.3 Å². The van der Waals surface area contributed by atoms with Crippen LogP contribution in [-0.2, 0) is 27.3 Å². The van der Waals surface area contributed by atoms with Gasteiger partial charge < -0.3 is 25.8 Å². The van der Waals surface area contributed by atoms with Crippen molar-refractivity contribution in [2.24, 2.45) is 11.7 Å². The number of carbonyl (C=O) groups excluding carboxylic acids is 2. The molecule has 1 fully saturated rings. The number of amides is 2. The second kappa shape index (κ2) is 12.9. The summed E-state index contributed by atoms with van der Waals surface area (Å²) in [7, 11) is 0. The Hall–Kier alpha value is -3.18. The first-order chi connectivity index (χ1) is 17.5. The lowest BCUT2D eigenvalue weighted by Crippen LogP contribution is -2.48. The lowest BCUT2D eigenvalue weighted by atomic mass is 10.0. The Labute approximate surface area is 218 Å². The molecule has 1 aliphatic heterocycles. The Morgan fingerprint density at radius 3 is 2.54 bits per heavy atom. The first kappa shape index (κ1) is 28.4. The van der Waals surface area contributed by atoms with Crippen molar-refractivity contribution in [2.75, 3.05) is 11.6 Å². The van der Waals surface area contributed by atoms with Gasteiger partial charge in [0.05, 0.1) is 5.88 Å². The molecule has 0 bridgehead atoms. The molecule has 1 saturated heterocycles. The van der Waals surface area contributed by atoms with Gasteiger partial charge in [0.15, 0.2) is 6.10 Å². The number of thioether (sulfide) groups is 1. The molecule has 0 aromatic heterocycles. The smallest absolute Gasteiger partial charge is 0.345 e. The van der Waals surface area contributed by atoms with Crippen molar-refractivity contribution in [1.82, 2.24) is 10.2 Å². The third kappa shape index (κ3) is 7.90. The fourth-order valence-electron chi connectivity index (χ4n) is 3.91. The molecule has 1 unspecified atom stereocenters. The fourth-order valence-corrected chi connectivity index (χ4v) is 5.09. The number of hydrogen-bond acceptors (Lipinski definition) is 6. The summed E-state index contributed by atoms with van der Waals surface area (Å²) < 4.78 is 32.8. The van der Waals surface area contributed by atoms with Crippen molar-refractivity contribution < 1.29 is 33.0 Å². The third-order valence-electron chi connectivity index (χ3n) is 5.93. The van der Waals surface area contributed by atoms with Crippen molar-refractivity contribution >= 4 is 29.5 Å². The van der Waals surface area contributed by atoms with Crippen molar-refractivity contribution in [3.63, 3.8) is 0 Å². The monoisotopic (exact) mass is 535 g/mol. The number of halogens is 2. The highest BCUT2D eigenvalue weighted by Gasteiger charge is 2.35. The first-order valence-electron chi connectivity index (χ1n) is 11.9.